The van der Waals surface area contributed by atoms with Gasteiger partial charge in [0.1, 0.15) is 5.75 Å². The Morgan fingerprint density at radius 2 is 1.79 bits per heavy atom. The van der Waals surface area contributed by atoms with Crippen molar-refractivity contribution in [3.8, 4) is 11.8 Å². The summed E-state index contributed by atoms with van der Waals surface area (Å²) in [6, 6.07) is 2.14. The van der Waals surface area contributed by atoms with Gasteiger partial charge in [0.25, 0.3) is 0 Å². The Bertz CT molecular complexity index is 389. The number of benzene rings is 1. The van der Waals surface area contributed by atoms with Gasteiger partial charge >= 0.3 is 0 Å². The third kappa shape index (κ3) is 1.62. The van der Waals surface area contributed by atoms with E-state index in [9.17, 15) is 5.11 Å². The van der Waals surface area contributed by atoms with Crippen molar-refractivity contribution in [1.29, 1.82) is 5.26 Å². The molecule has 0 spiro atoms. The minimum absolute atomic E-state index is 0.279. The lowest BCUT2D eigenvalue weighted by molar-refractivity contribution is 0.466. The molecule has 14 heavy (non-hydrogen) atoms. The van der Waals surface area contributed by atoms with Crippen LogP contribution in [0, 0.1) is 32.1 Å². The third-order valence-corrected chi connectivity index (χ3v) is 3.59. The van der Waals surface area contributed by atoms with Crippen LogP contribution in [0.25, 0.3) is 0 Å². The van der Waals surface area contributed by atoms with E-state index in [4.69, 9.17) is 5.26 Å². The molecule has 1 aromatic rings. The van der Waals surface area contributed by atoms with Crippen LogP contribution in [0.4, 0.5) is 0 Å². The zero-order chi connectivity index (χ0) is 10.9. The molecule has 0 fully saturated rings. The first kappa shape index (κ1) is 11.1. The fourth-order valence-corrected chi connectivity index (χ4v) is 2.04. The smallest absolute Gasteiger partial charge is 0.133 e. The molecule has 0 aliphatic heterocycles. The van der Waals surface area contributed by atoms with Gasteiger partial charge in [-0.15, -0.1) is 0 Å². The molecule has 3 heteroatoms. The number of hydrogen-bond donors (Lipinski definition) is 1. The molecule has 0 aliphatic carbocycles. The highest BCUT2D eigenvalue weighted by Crippen LogP contribution is 2.36. The number of nitriles is 1. The number of phenolic OH excluding ortho intramolecular Hbond substituents is 1. The van der Waals surface area contributed by atoms with Crippen LogP contribution >= 0.6 is 15.9 Å². The van der Waals surface area contributed by atoms with Gasteiger partial charge in [-0.2, -0.15) is 5.26 Å². The lowest BCUT2D eigenvalue weighted by atomic mass is 9.95. The van der Waals surface area contributed by atoms with Gasteiger partial charge in [-0.25, -0.2) is 0 Å². The first-order valence-electron chi connectivity index (χ1n) is 4.34. The van der Waals surface area contributed by atoms with Crippen molar-refractivity contribution in [1.82, 2.24) is 0 Å². The van der Waals surface area contributed by atoms with Gasteiger partial charge in [-0.05, 0) is 59.0 Å². The number of phenols is 1. The molecule has 0 radical (unpaired) electrons. The molecule has 0 bridgehead atoms. The molecule has 1 aromatic carbocycles. The van der Waals surface area contributed by atoms with Crippen molar-refractivity contribution in [2.75, 3.05) is 0 Å². The Hall–Kier alpha value is -1.01. The van der Waals surface area contributed by atoms with Crippen LogP contribution in [-0.2, 0) is 6.42 Å². The molecule has 0 unspecified atom stereocenters. The summed E-state index contributed by atoms with van der Waals surface area (Å²) in [5.74, 6) is 0.279. The van der Waals surface area contributed by atoms with Crippen molar-refractivity contribution in [2.24, 2.45) is 0 Å². The quantitative estimate of drug-likeness (QED) is 0.836. The number of hydrogen-bond acceptors (Lipinski definition) is 2. The van der Waals surface area contributed by atoms with Gasteiger partial charge in [0.05, 0.1) is 17.0 Å². The highest BCUT2D eigenvalue weighted by molar-refractivity contribution is 9.10. The van der Waals surface area contributed by atoms with Gasteiger partial charge in [-0.1, -0.05) is 0 Å². The molecule has 2 nitrogen and oxygen atoms in total. The molecular formula is C11H12BrNO. The van der Waals surface area contributed by atoms with Crippen LogP contribution in [0.5, 0.6) is 5.75 Å². The van der Waals surface area contributed by atoms with E-state index in [0.717, 1.165) is 22.3 Å². The summed E-state index contributed by atoms with van der Waals surface area (Å²) >= 11 is 3.33. The van der Waals surface area contributed by atoms with Gasteiger partial charge < -0.3 is 5.11 Å². The van der Waals surface area contributed by atoms with E-state index in [-0.39, 0.29) is 5.75 Å². The second-order valence-corrected chi connectivity index (χ2v) is 4.14. The highest BCUT2D eigenvalue weighted by atomic mass is 79.9. The molecule has 0 heterocycles. The number of rotatable bonds is 1. The van der Waals surface area contributed by atoms with E-state index in [1.807, 2.05) is 20.8 Å². The average Bonchev–Trinajstić information content (AvgIpc) is 2.19. The maximum absolute atomic E-state index is 9.73. The molecule has 0 atom stereocenters. The molecule has 0 saturated carbocycles. The van der Waals surface area contributed by atoms with Crippen molar-refractivity contribution in [2.45, 2.75) is 27.2 Å². The monoisotopic (exact) mass is 253 g/mol. The molecule has 74 valence electrons. The average molecular weight is 254 g/mol. The number of aromatic hydroxyl groups is 1. The number of nitrogens with zero attached hydrogens (tertiary/aromatic N) is 1. The van der Waals surface area contributed by atoms with Crippen LogP contribution in [0.15, 0.2) is 4.47 Å². The summed E-state index contributed by atoms with van der Waals surface area (Å²) in [4.78, 5) is 0. The topological polar surface area (TPSA) is 44.0 Å². The van der Waals surface area contributed by atoms with E-state index in [1.54, 1.807) is 0 Å². The molecule has 1 rings (SSSR count). The lowest BCUT2D eigenvalue weighted by Gasteiger charge is -2.14. The summed E-state index contributed by atoms with van der Waals surface area (Å²) in [5, 5.41) is 18.4. The zero-order valence-electron chi connectivity index (χ0n) is 8.48. The summed E-state index contributed by atoms with van der Waals surface area (Å²) < 4.78 is 0.700. The first-order valence-corrected chi connectivity index (χ1v) is 5.14. The van der Waals surface area contributed by atoms with Crippen molar-refractivity contribution < 1.29 is 5.11 Å². The fraction of sp³-hybridized carbons (Fsp3) is 0.364. The van der Waals surface area contributed by atoms with Crippen molar-refractivity contribution in [3.05, 3.63) is 26.7 Å². The van der Waals surface area contributed by atoms with Gasteiger partial charge in [-0.3, -0.25) is 0 Å². The van der Waals surface area contributed by atoms with Crippen molar-refractivity contribution >= 4 is 15.9 Å². The van der Waals surface area contributed by atoms with Crippen LogP contribution < -0.4 is 0 Å². The van der Waals surface area contributed by atoms with Gasteiger partial charge in [0.15, 0.2) is 0 Å². The summed E-state index contributed by atoms with van der Waals surface area (Å²) in [6.45, 7) is 5.69. The Kier molecular flexibility index (Phi) is 3.17. The van der Waals surface area contributed by atoms with Gasteiger partial charge in [0.2, 0.25) is 0 Å². The predicted molar refractivity (Wildman–Crippen MR) is 59.3 cm³/mol. The predicted octanol–water partition coefficient (Wildman–Crippen LogP) is 3.15. The Morgan fingerprint density at radius 1 is 1.21 bits per heavy atom. The zero-order valence-corrected chi connectivity index (χ0v) is 10.1. The maximum atomic E-state index is 9.73. The van der Waals surface area contributed by atoms with Crippen LogP contribution in [0.3, 0.4) is 0 Å². The second kappa shape index (κ2) is 4.02. The SMILES string of the molecule is Cc1c(C)c(CC#N)c(C)c(Br)c1O. The lowest BCUT2D eigenvalue weighted by Crippen LogP contribution is -1.97. The van der Waals surface area contributed by atoms with E-state index < -0.39 is 0 Å². The molecular weight excluding hydrogens is 242 g/mol. The molecule has 1 N–H and O–H groups in total. The normalized spacial score (nSPS) is 9.93. The van der Waals surface area contributed by atoms with E-state index in [2.05, 4.69) is 22.0 Å². The van der Waals surface area contributed by atoms with Crippen LogP contribution in [0.1, 0.15) is 22.3 Å². The summed E-state index contributed by atoms with van der Waals surface area (Å²) in [5.41, 5.74) is 3.80. The summed E-state index contributed by atoms with van der Waals surface area (Å²) in [6.07, 6.45) is 0.386. The van der Waals surface area contributed by atoms with E-state index in [0.29, 0.717) is 10.9 Å². The molecule has 0 aromatic heterocycles. The fourth-order valence-electron chi connectivity index (χ4n) is 1.50. The highest BCUT2D eigenvalue weighted by Gasteiger charge is 2.14. The second-order valence-electron chi connectivity index (χ2n) is 3.35. The first-order chi connectivity index (χ1) is 6.50. The van der Waals surface area contributed by atoms with Crippen molar-refractivity contribution in [3.63, 3.8) is 0 Å². The van der Waals surface area contributed by atoms with Crippen LogP contribution in [-0.4, -0.2) is 5.11 Å². The Balaban J connectivity index is 3.53. The van der Waals surface area contributed by atoms with Gasteiger partial charge in [0, 0.05) is 0 Å². The van der Waals surface area contributed by atoms with E-state index >= 15 is 0 Å². The molecule has 0 aliphatic rings. The minimum atomic E-state index is 0.279. The largest absolute Gasteiger partial charge is 0.506 e. The standard InChI is InChI=1S/C11H12BrNO/c1-6-7(2)11(14)10(12)8(3)9(6)4-5-13/h14H,4H2,1-3H3. The Labute approximate surface area is 92.3 Å². The van der Waals surface area contributed by atoms with E-state index in [1.165, 1.54) is 0 Å². The third-order valence-electron chi connectivity index (χ3n) is 2.62. The van der Waals surface area contributed by atoms with Crippen LogP contribution in [0.2, 0.25) is 0 Å². The maximum Gasteiger partial charge on any atom is 0.133 e. The minimum Gasteiger partial charge on any atom is -0.506 e. The molecule has 0 saturated heterocycles. The Morgan fingerprint density at radius 3 is 2.29 bits per heavy atom. The molecule has 0 amide bonds. The number of halogens is 1. The summed E-state index contributed by atoms with van der Waals surface area (Å²) in [7, 11) is 0.